The van der Waals surface area contributed by atoms with E-state index in [9.17, 15) is 31.1 Å². The Labute approximate surface area is 180 Å². The maximum absolute atomic E-state index is 14.8. The summed E-state index contributed by atoms with van der Waals surface area (Å²) in [6.45, 7) is -0.638. The van der Waals surface area contributed by atoms with Crippen molar-refractivity contribution < 1.29 is 31.1 Å². The topological polar surface area (TPSA) is 47.6 Å². The van der Waals surface area contributed by atoms with Gasteiger partial charge < -0.3 is 20.4 Å². The largest absolute Gasteiger partial charge is 0.427 e. The Balaban J connectivity index is 1.63. The Morgan fingerprint density at radius 3 is 2.59 bits per heavy atom. The van der Waals surface area contributed by atoms with E-state index >= 15 is 0 Å². The average molecular weight is 460 g/mol. The molecule has 4 rings (SSSR count). The Morgan fingerprint density at radius 2 is 2.00 bits per heavy atom. The number of alkyl halides is 5. The van der Waals surface area contributed by atoms with Gasteiger partial charge in [-0.1, -0.05) is 6.07 Å². The maximum atomic E-state index is 14.8. The maximum Gasteiger partial charge on any atom is 0.427 e. The van der Waals surface area contributed by atoms with Gasteiger partial charge in [-0.25, -0.2) is 13.2 Å². The molecule has 1 amide bonds. The summed E-state index contributed by atoms with van der Waals surface area (Å²) in [4.78, 5) is 14.4. The Bertz CT molecular complexity index is 956. The van der Waals surface area contributed by atoms with Crippen molar-refractivity contribution in [1.82, 2.24) is 20.4 Å². The average Bonchev–Trinajstić information content (AvgIpc) is 3.46. The summed E-state index contributed by atoms with van der Waals surface area (Å²) in [5, 5.41) is 4.98. The molecular formula is C21H22F6N4O. The van der Waals surface area contributed by atoms with Gasteiger partial charge in [-0.15, -0.1) is 0 Å². The van der Waals surface area contributed by atoms with E-state index in [-0.39, 0.29) is 22.5 Å². The molecular weight excluding hydrogens is 438 g/mol. The van der Waals surface area contributed by atoms with Crippen LogP contribution in [0.2, 0.25) is 0 Å². The van der Waals surface area contributed by atoms with E-state index < -0.39 is 43.1 Å². The van der Waals surface area contributed by atoms with Crippen LogP contribution >= 0.6 is 0 Å². The number of halogens is 6. The van der Waals surface area contributed by atoms with Gasteiger partial charge in [-0.05, 0) is 42.5 Å². The molecule has 0 aromatic heterocycles. The molecule has 0 spiro atoms. The van der Waals surface area contributed by atoms with Crippen molar-refractivity contribution in [3.05, 3.63) is 58.8 Å². The molecule has 2 aliphatic heterocycles. The molecule has 2 atom stereocenters. The van der Waals surface area contributed by atoms with Gasteiger partial charge in [-0.2, -0.15) is 13.2 Å². The second-order valence-corrected chi connectivity index (χ2v) is 8.21. The van der Waals surface area contributed by atoms with Gasteiger partial charge >= 0.3 is 6.18 Å². The van der Waals surface area contributed by atoms with Gasteiger partial charge in [0.1, 0.15) is 5.82 Å². The summed E-state index contributed by atoms with van der Waals surface area (Å²) < 4.78 is 81.4. The van der Waals surface area contributed by atoms with E-state index in [2.05, 4.69) is 10.6 Å². The molecule has 0 saturated heterocycles. The lowest BCUT2D eigenvalue weighted by Gasteiger charge is -2.32. The van der Waals surface area contributed by atoms with Crippen molar-refractivity contribution in [3.8, 4) is 0 Å². The normalized spacial score (nSPS) is 23.0. The smallest absolute Gasteiger partial charge is 0.368 e. The highest BCUT2D eigenvalue weighted by Gasteiger charge is 2.51. The summed E-state index contributed by atoms with van der Waals surface area (Å²) in [6.07, 6.45) is -5.29. The third-order valence-corrected chi connectivity index (χ3v) is 5.78. The monoisotopic (exact) mass is 460 g/mol. The predicted molar refractivity (Wildman–Crippen MR) is 104 cm³/mol. The van der Waals surface area contributed by atoms with Crippen molar-refractivity contribution >= 4 is 5.91 Å². The van der Waals surface area contributed by atoms with E-state index in [1.807, 2.05) is 0 Å². The third-order valence-electron chi connectivity index (χ3n) is 5.78. The molecule has 1 aliphatic carbocycles. The number of carbonyl (C=O) groups excluding carboxylic acids is 1. The first kappa shape index (κ1) is 22.3. The van der Waals surface area contributed by atoms with Gasteiger partial charge in [0, 0.05) is 19.8 Å². The fourth-order valence-corrected chi connectivity index (χ4v) is 4.03. The minimum absolute atomic E-state index is 0.0256. The SMILES string of the molecule is CN1C=CC2=C(NC(C(F)(F)F)N2CC(F)F)C1c1ccc(C(=O)NCC2CC2)c(F)c1. The Hall–Kier alpha value is -2.85. The number of amides is 1. The Morgan fingerprint density at radius 1 is 1.28 bits per heavy atom. The summed E-state index contributed by atoms with van der Waals surface area (Å²) >= 11 is 0. The van der Waals surface area contributed by atoms with E-state index in [4.69, 9.17) is 0 Å². The number of allylic oxidation sites excluding steroid dienone is 1. The molecule has 32 heavy (non-hydrogen) atoms. The van der Waals surface area contributed by atoms with Crippen molar-refractivity contribution in [2.45, 2.75) is 37.7 Å². The minimum atomic E-state index is -4.81. The molecule has 1 aromatic rings. The number of benzene rings is 1. The molecule has 2 unspecified atom stereocenters. The standard InChI is InChI=1S/C21H22F6N4O/c1-30-7-6-15-17(29-20(21(25,26)27)31(15)10-16(23)24)18(30)12-4-5-13(14(22)8-12)19(32)28-9-11-2-3-11/h4-8,11,16,18,20,29H,2-3,9-10H2,1H3,(H,28,32). The van der Waals surface area contributed by atoms with Crippen LogP contribution in [0.3, 0.4) is 0 Å². The van der Waals surface area contributed by atoms with Crippen LogP contribution in [-0.4, -0.2) is 54.6 Å². The fraction of sp³-hybridized carbons (Fsp3) is 0.476. The number of nitrogens with one attached hydrogen (secondary N) is 2. The molecule has 5 nitrogen and oxygen atoms in total. The predicted octanol–water partition coefficient (Wildman–Crippen LogP) is 3.74. The zero-order valence-electron chi connectivity index (χ0n) is 17.1. The lowest BCUT2D eigenvalue weighted by Crippen LogP contribution is -2.50. The van der Waals surface area contributed by atoms with Crippen LogP contribution in [0.4, 0.5) is 26.3 Å². The van der Waals surface area contributed by atoms with Crippen molar-refractivity contribution in [2.24, 2.45) is 5.92 Å². The highest BCUT2D eigenvalue weighted by molar-refractivity contribution is 5.94. The molecule has 11 heteroatoms. The lowest BCUT2D eigenvalue weighted by atomic mass is 9.97. The first-order valence-electron chi connectivity index (χ1n) is 10.2. The lowest BCUT2D eigenvalue weighted by molar-refractivity contribution is -0.183. The molecule has 1 saturated carbocycles. The first-order chi connectivity index (χ1) is 15.1. The second-order valence-electron chi connectivity index (χ2n) is 8.21. The van der Waals surface area contributed by atoms with Crippen LogP contribution < -0.4 is 10.6 Å². The molecule has 174 valence electrons. The zero-order chi connectivity index (χ0) is 23.2. The van der Waals surface area contributed by atoms with Crippen molar-refractivity contribution in [3.63, 3.8) is 0 Å². The molecule has 0 radical (unpaired) electrons. The minimum Gasteiger partial charge on any atom is -0.368 e. The van der Waals surface area contributed by atoms with E-state index in [0.29, 0.717) is 17.4 Å². The van der Waals surface area contributed by atoms with E-state index in [1.165, 1.54) is 24.4 Å². The Kier molecular flexibility index (Phi) is 5.76. The van der Waals surface area contributed by atoms with E-state index in [0.717, 1.165) is 18.9 Å². The number of likely N-dealkylation sites (N-methyl/N-ethyl adjacent to an activating group) is 1. The van der Waals surface area contributed by atoms with Gasteiger partial charge in [-0.3, -0.25) is 4.79 Å². The molecule has 2 heterocycles. The van der Waals surface area contributed by atoms with Crippen LogP contribution in [0.25, 0.3) is 0 Å². The summed E-state index contributed by atoms with van der Waals surface area (Å²) in [5.41, 5.74) is 0.142. The summed E-state index contributed by atoms with van der Waals surface area (Å²) in [6, 6.07) is 2.96. The van der Waals surface area contributed by atoms with Gasteiger partial charge in [0.05, 0.1) is 29.5 Å². The number of hydrogen-bond donors (Lipinski definition) is 2. The number of nitrogens with zero attached hydrogens (tertiary/aromatic N) is 2. The van der Waals surface area contributed by atoms with Crippen molar-refractivity contribution in [2.75, 3.05) is 20.1 Å². The molecule has 1 aromatic carbocycles. The number of carbonyl (C=O) groups is 1. The van der Waals surface area contributed by atoms with Crippen LogP contribution in [0.1, 0.15) is 34.8 Å². The fourth-order valence-electron chi connectivity index (χ4n) is 4.03. The van der Waals surface area contributed by atoms with Crippen LogP contribution in [-0.2, 0) is 0 Å². The number of hydrogen-bond acceptors (Lipinski definition) is 4. The van der Waals surface area contributed by atoms with Gasteiger partial charge in [0.25, 0.3) is 12.3 Å². The molecule has 1 fully saturated rings. The van der Waals surface area contributed by atoms with E-state index in [1.54, 1.807) is 11.9 Å². The first-order valence-corrected chi connectivity index (χ1v) is 10.2. The summed E-state index contributed by atoms with van der Waals surface area (Å²) in [7, 11) is 1.58. The highest BCUT2D eigenvalue weighted by atomic mass is 19.4. The van der Waals surface area contributed by atoms with Crippen LogP contribution in [0, 0.1) is 11.7 Å². The second kappa shape index (κ2) is 8.25. The number of rotatable bonds is 6. The third kappa shape index (κ3) is 4.37. The van der Waals surface area contributed by atoms with Crippen molar-refractivity contribution in [1.29, 1.82) is 0 Å². The van der Waals surface area contributed by atoms with Gasteiger partial charge in [0.2, 0.25) is 0 Å². The zero-order valence-corrected chi connectivity index (χ0v) is 17.1. The van der Waals surface area contributed by atoms with Crippen LogP contribution in [0.15, 0.2) is 41.9 Å². The quantitative estimate of drug-likeness (QED) is 0.636. The van der Waals surface area contributed by atoms with Gasteiger partial charge in [0.15, 0.2) is 6.17 Å². The molecule has 2 N–H and O–H groups in total. The highest BCUT2D eigenvalue weighted by Crippen LogP contribution is 2.41. The summed E-state index contributed by atoms with van der Waals surface area (Å²) in [5.74, 6) is -0.951. The molecule has 0 bridgehead atoms. The van der Waals surface area contributed by atoms with Crippen LogP contribution in [0.5, 0.6) is 0 Å². The molecule has 3 aliphatic rings.